The summed E-state index contributed by atoms with van der Waals surface area (Å²) in [6, 6.07) is 0.559. The number of carbonyl (C=O) groups excluding carboxylic acids is 1. The lowest BCUT2D eigenvalue weighted by Crippen LogP contribution is -2.30. The Morgan fingerprint density at radius 2 is 2.20 bits per heavy atom. The number of rotatable bonds is 8. The van der Waals surface area contributed by atoms with E-state index in [1.165, 1.54) is 6.20 Å². The largest absolute Gasteiger partial charge is 0.396 e. The molecule has 3 N–H and O–H groups in total. The number of hydrogen-bond acceptors (Lipinski definition) is 4. The fourth-order valence-electron chi connectivity index (χ4n) is 1.92. The second kappa shape index (κ2) is 7.89. The number of anilines is 1. The molecule has 0 aliphatic carbocycles. The highest BCUT2D eigenvalue weighted by atomic mass is 16.2. The van der Waals surface area contributed by atoms with Crippen molar-refractivity contribution >= 4 is 11.6 Å². The van der Waals surface area contributed by atoms with Crippen LogP contribution in [0.4, 0.5) is 5.69 Å². The van der Waals surface area contributed by atoms with Crippen LogP contribution in [0.25, 0.3) is 0 Å². The normalized spacial score (nSPS) is 11.3. The second-order valence-electron chi connectivity index (χ2n) is 5.30. The van der Waals surface area contributed by atoms with E-state index in [0.29, 0.717) is 30.5 Å². The van der Waals surface area contributed by atoms with Crippen LogP contribution in [0.5, 0.6) is 0 Å². The summed E-state index contributed by atoms with van der Waals surface area (Å²) < 4.78 is 1.62. The Hall–Kier alpha value is -1.56. The van der Waals surface area contributed by atoms with Gasteiger partial charge in [-0.15, -0.1) is 0 Å². The van der Waals surface area contributed by atoms with Crippen molar-refractivity contribution in [3.63, 3.8) is 0 Å². The fraction of sp³-hybridized carbons (Fsp3) is 0.714. The fourth-order valence-corrected chi connectivity index (χ4v) is 1.92. The van der Waals surface area contributed by atoms with Crippen LogP contribution in [0.3, 0.4) is 0 Å². The lowest BCUT2D eigenvalue weighted by atomic mass is 10.2. The van der Waals surface area contributed by atoms with Gasteiger partial charge in [0.25, 0.3) is 5.91 Å². The Morgan fingerprint density at radius 3 is 2.80 bits per heavy atom. The van der Waals surface area contributed by atoms with Crippen LogP contribution in [0.1, 0.15) is 44.1 Å². The summed E-state index contributed by atoms with van der Waals surface area (Å²) in [6.45, 7) is 8.64. The van der Waals surface area contributed by atoms with Crippen LogP contribution in [0.15, 0.2) is 6.20 Å². The van der Waals surface area contributed by atoms with Gasteiger partial charge in [-0.25, -0.2) is 0 Å². The number of nitrogens with two attached hydrogens (primary N) is 1. The van der Waals surface area contributed by atoms with E-state index in [1.807, 2.05) is 6.92 Å². The minimum atomic E-state index is -0.140. The molecule has 0 unspecified atom stereocenters. The number of aryl methyl sites for hydroxylation is 1. The van der Waals surface area contributed by atoms with Crippen LogP contribution in [0.2, 0.25) is 0 Å². The van der Waals surface area contributed by atoms with Crippen molar-refractivity contribution in [2.24, 2.45) is 0 Å². The molecule has 20 heavy (non-hydrogen) atoms. The van der Waals surface area contributed by atoms with Gasteiger partial charge in [0.2, 0.25) is 0 Å². The van der Waals surface area contributed by atoms with Crippen molar-refractivity contribution in [1.29, 1.82) is 0 Å². The molecule has 0 aliphatic rings. The minimum absolute atomic E-state index is 0.140. The summed E-state index contributed by atoms with van der Waals surface area (Å²) in [4.78, 5) is 14.3. The summed E-state index contributed by atoms with van der Waals surface area (Å²) in [5.41, 5.74) is 6.67. The van der Waals surface area contributed by atoms with Crippen molar-refractivity contribution in [1.82, 2.24) is 20.0 Å². The van der Waals surface area contributed by atoms with E-state index in [2.05, 4.69) is 36.2 Å². The summed E-state index contributed by atoms with van der Waals surface area (Å²) in [5.74, 6) is -0.140. The highest BCUT2D eigenvalue weighted by Crippen LogP contribution is 2.10. The summed E-state index contributed by atoms with van der Waals surface area (Å²) >= 11 is 0. The Bertz CT molecular complexity index is 427. The molecule has 0 aromatic carbocycles. The van der Waals surface area contributed by atoms with Gasteiger partial charge in [0.15, 0.2) is 0 Å². The molecule has 6 nitrogen and oxygen atoms in total. The molecule has 1 amide bonds. The first-order valence-electron chi connectivity index (χ1n) is 7.27. The van der Waals surface area contributed by atoms with E-state index in [-0.39, 0.29) is 5.91 Å². The molecule has 1 rings (SSSR count). The van der Waals surface area contributed by atoms with Gasteiger partial charge in [-0.1, -0.05) is 0 Å². The van der Waals surface area contributed by atoms with E-state index < -0.39 is 0 Å². The lowest BCUT2D eigenvalue weighted by molar-refractivity contribution is 0.0943. The Morgan fingerprint density at radius 1 is 1.50 bits per heavy atom. The van der Waals surface area contributed by atoms with Gasteiger partial charge in [0.05, 0.1) is 11.9 Å². The molecule has 1 heterocycles. The van der Waals surface area contributed by atoms with E-state index in [1.54, 1.807) is 4.68 Å². The molecule has 0 saturated carbocycles. The maximum atomic E-state index is 12.0. The average Bonchev–Trinajstić information content (AvgIpc) is 2.78. The highest BCUT2D eigenvalue weighted by Gasteiger charge is 2.15. The van der Waals surface area contributed by atoms with E-state index >= 15 is 0 Å². The third-order valence-corrected chi connectivity index (χ3v) is 3.49. The van der Waals surface area contributed by atoms with Crippen molar-refractivity contribution in [2.75, 3.05) is 25.9 Å². The lowest BCUT2D eigenvalue weighted by Gasteiger charge is -2.20. The van der Waals surface area contributed by atoms with Crippen LogP contribution >= 0.6 is 0 Å². The Labute approximate surface area is 121 Å². The number of hydrogen-bond donors (Lipinski definition) is 2. The summed E-state index contributed by atoms with van der Waals surface area (Å²) in [7, 11) is 2.11. The molecule has 1 aromatic rings. The van der Waals surface area contributed by atoms with Gasteiger partial charge >= 0.3 is 0 Å². The SMILES string of the molecule is CCn1ncc(N)c1C(=O)NCCCCN(C)C(C)C. The molecule has 0 radical (unpaired) electrons. The molecule has 0 saturated heterocycles. The predicted octanol–water partition coefficient (Wildman–Crippen LogP) is 1.34. The highest BCUT2D eigenvalue weighted by molar-refractivity contribution is 5.97. The van der Waals surface area contributed by atoms with Gasteiger partial charge in [0.1, 0.15) is 5.69 Å². The van der Waals surface area contributed by atoms with E-state index in [9.17, 15) is 4.79 Å². The Balaban J connectivity index is 2.32. The van der Waals surface area contributed by atoms with E-state index in [0.717, 1.165) is 19.4 Å². The van der Waals surface area contributed by atoms with E-state index in [4.69, 9.17) is 5.73 Å². The maximum Gasteiger partial charge on any atom is 0.271 e. The molecular formula is C14H27N5O. The van der Waals surface area contributed by atoms with Gasteiger partial charge in [-0.05, 0) is 47.2 Å². The zero-order valence-electron chi connectivity index (χ0n) is 13.0. The van der Waals surface area contributed by atoms with Crippen molar-refractivity contribution in [3.05, 3.63) is 11.9 Å². The van der Waals surface area contributed by atoms with Crippen LogP contribution in [-0.4, -0.2) is 46.8 Å². The van der Waals surface area contributed by atoms with Crippen molar-refractivity contribution in [2.45, 2.75) is 46.2 Å². The zero-order valence-corrected chi connectivity index (χ0v) is 13.0. The average molecular weight is 281 g/mol. The predicted molar refractivity (Wildman–Crippen MR) is 81.6 cm³/mol. The topological polar surface area (TPSA) is 76.2 Å². The monoisotopic (exact) mass is 281 g/mol. The third kappa shape index (κ3) is 4.52. The molecule has 0 fully saturated rings. The zero-order chi connectivity index (χ0) is 15.1. The molecular weight excluding hydrogens is 254 g/mol. The van der Waals surface area contributed by atoms with Gasteiger partial charge < -0.3 is 16.0 Å². The molecule has 0 aliphatic heterocycles. The van der Waals surface area contributed by atoms with Crippen LogP contribution < -0.4 is 11.1 Å². The summed E-state index contributed by atoms with van der Waals surface area (Å²) in [5, 5.41) is 6.97. The quantitative estimate of drug-likeness (QED) is 0.705. The van der Waals surface area contributed by atoms with Crippen molar-refractivity contribution in [3.8, 4) is 0 Å². The molecule has 1 aromatic heterocycles. The van der Waals surface area contributed by atoms with Gasteiger partial charge in [-0.3, -0.25) is 9.48 Å². The first kappa shape index (κ1) is 16.5. The first-order valence-corrected chi connectivity index (χ1v) is 7.27. The van der Waals surface area contributed by atoms with Crippen LogP contribution in [0, 0.1) is 0 Å². The van der Waals surface area contributed by atoms with Crippen molar-refractivity contribution < 1.29 is 4.79 Å². The third-order valence-electron chi connectivity index (χ3n) is 3.49. The number of amides is 1. The number of nitrogens with zero attached hydrogens (tertiary/aromatic N) is 3. The molecule has 0 bridgehead atoms. The van der Waals surface area contributed by atoms with Gasteiger partial charge in [0, 0.05) is 19.1 Å². The number of aromatic nitrogens is 2. The summed E-state index contributed by atoms with van der Waals surface area (Å²) in [6.07, 6.45) is 3.55. The van der Waals surface area contributed by atoms with Crippen LogP contribution in [-0.2, 0) is 6.54 Å². The smallest absolute Gasteiger partial charge is 0.271 e. The number of carbonyl (C=O) groups is 1. The standard InChI is InChI=1S/C14H27N5O/c1-5-19-13(12(15)10-17-19)14(20)16-8-6-7-9-18(4)11(2)3/h10-11H,5-9,15H2,1-4H3,(H,16,20). The Kier molecular flexibility index (Phi) is 6.51. The second-order valence-corrected chi connectivity index (χ2v) is 5.30. The van der Waals surface area contributed by atoms with Gasteiger partial charge in [-0.2, -0.15) is 5.10 Å². The number of unbranched alkanes of at least 4 members (excludes halogenated alkanes) is 1. The molecule has 114 valence electrons. The number of nitrogens with one attached hydrogen (secondary N) is 1. The minimum Gasteiger partial charge on any atom is -0.396 e. The maximum absolute atomic E-state index is 12.0. The molecule has 6 heteroatoms. The molecule has 0 spiro atoms. The molecule has 0 atom stereocenters. The first-order chi connectivity index (χ1) is 9.47. The number of nitrogen functional groups attached to an aromatic ring is 1.